The summed E-state index contributed by atoms with van der Waals surface area (Å²) in [4.78, 5) is 11.5. The summed E-state index contributed by atoms with van der Waals surface area (Å²) in [5.74, 6) is -0.550. The summed E-state index contributed by atoms with van der Waals surface area (Å²) in [5, 5.41) is 5.06. The highest BCUT2D eigenvalue weighted by molar-refractivity contribution is 7.89. The van der Waals surface area contributed by atoms with Crippen LogP contribution in [-0.2, 0) is 19.6 Å². The fourth-order valence-electron chi connectivity index (χ4n) is 3.29. The maximum atomic E-state index is 11.5. The molecule has 1 saturated heterocycles. The van der Waals surface area contributed by atoms with Crippen LogP contribution in [0.4, 0.5) is 0 Å². The Morgan fingerprint density at radius 2 is 2.06 bits per heavy atom. The van der Waals surface area contributed by atoms with Crippen molar-refractivity contribution in [1.29, 1.82) is 0 Å². The van der Waals surface area contributed by atoms with Gasteiger partial charge in [-0.1, -0.05) is 13.8 Å². The Bertz CT molecular complexity index is 442. The smallest absolute Gasteiger partial charge is 0.306 e. The van der Waals surface area contributed by atoms with Gasteiger partial charge in [0.2, 0.25) is 10.0 Å². The third kappa shape index (κ3) is 2.63. The number of rotatable bonds is 2. The van der Waals surface area contributed by atoms with Crippen molar-refractivity contribution in [2.24, 2.45) is 16.0 Å². The third-order valence-electron chi connectivity index (χ3n) is 3.97. The van der Waals surface area contributed by atoms with E-state index in [9.17, 15) is 13.2 Å². The molecule has 2 fully saturated rings. The van der Waals surface area contributed by atoms with E-state index in [2.05, 4.69) is 13.8 Å². The van der Waals surface area contributed by atoms with Gasteiger partial charge < -0.3 is 4.74 Å². The Balaban J connectivity index is 2.23. The van der Waals surface area contributed by atoms with Gasteiger partial charge in [-0.05, 0) is 24.7 Å². The lowest BCUT2D eigenvalue weighted by Gasteiger charge is -2.29. The summed E-state index contributed by atoms with van der Waals surface area (Å²) in [5.41, 5.74) is -0.169. The first-order chi connectivity index (χ1) is 7.62. The molecule has 1 heterocycles. The van der Waals surface area contributed by atoms with Crippen LogP contribution >= 0.6 is 0 Å². The molecule has 2 unspecified atom stereocenters. The van der Waals surface area contributed by atoms with Crippen LogP contribution in [0.5, 0.6) is 0 Å². The maximum absolute atomic E-state index is 11.5. The van der Waals surface area contributed by atoms with Crippen molar-refractivity contribution in [1.82, 2.24) is 0 Å². The molecule has 1 aliphatic heterocycles. The molecule has 1 saturated carbocycles. The van der Waals surface area contributed by atoms with Gasteiger partial charge in [-0.25, -0.2) is 13.6 Å². The number of sulfonamides is 1. The normalized spacial score (nSPS) is 36.4. The van der Waals surface area contributed by atoms with E-state index in [1.165, 1.54) is 0 Å². The molecule has 17 heavy (non-hydrogen) atoms. The Kier molecular flexibility index (Phi) is 2.78. The van der Waals surface area contributed by atoms with Crippen LogP contribution in [0.3, 0.4) is 0 Å². The van der Waals surface area contributed by atoms with Gasteiger partial charge in [0, 0.05) is 5.41 Å². The van der Waals surface area contributed by atoms with Crippen molar-refractivity contribution >= 4 is 16.0 Å². The van der Waals surface area contributed by atoms with Gasteiger partial charge in [0.25, 0.3) is 0 Å². The second-order valence-electron chi connectivity index (χ2n) is 6.19. The van der Waals surface area contributed by atoms with E-state index >= 15 is 0 Å². The van der Waals surface area contributed by atoms with E-state index in [-0.39, 0.29) is 22.6 Å². The Labute approximate surface area is 102 Å². The van der Waals surface area contributed by atoms with E-state index < -0.39 is 16.1 Å². The molecule has 0 aromatic rings. The van der Waals surface area contributed by atoms with Gasteiger partial charge in [0.1, 0.15) is 11.9 Å². The molecular weight excluding hydrogens is 242 g/mol. The molecule has 0 radical (unpaired) electrons. The summed E-state index contributed by atoms with van der Waals surface area (Å²) < 4.78 is 27.5. The van der Waals surface area contributed by atoms with Crippen LogP contribution in [0.2, 0.25) is 0 Å². The molecule has 0 bridgehead atoms. The Morgan fingerprint density at radius 1 is 1.41 bits per heavy atom. The van der Waals surface area contributed by atoms with Crippen molar-refractivity contribution in [3.63, 3.8) is 0 Å². The van der Waals surface area contributed by atoms with Crippen molar-refractivity contribution in [2.75, 3.05) is 5.75 Å². The fourth-order valence-corrected chi connectivity index (χ4v) is 4.13. The Hall–Kier alpha value is -0.620. The molecule has 0 aromatic carbocycles. The second kappa shape index (κ2) is 3.68. The van der Waals surface area contributed by atoms with Gasteiger partial charge >= 0.3 is 5.97 Å². The molecule has 5 nitrogen and oxygen atoms in total. The highest BCUT2D eigenvalue weighted by Gasteiger charge is 2.55. The van der Waals surface area contributed by atoms with Crippen LogP contribution in [0, 0.1) is 10.8 Å². The van der Waals surface area contributed by atoms with Crippen LogP contribution < -0.4 is 5.14 Å². The summed E-state index contributed by atoms with van der Waals surface area (Å²) in [6, 6.07) is 0. The fraction of sp³-hybridized carbons (Fsp3) is 0.909. The summed E-state index contributed by atoms with van der Waals surface area (Å²) in [7, 11) is -3.61. The lowest BCUT2D eigenvalue weighted by Crippen LogP contribution is -2.37. The zero-order chi connectivity index (χ0) is 12.9. The number of carbonyl (C=O) groups is 1. The van der Waals surface area contributed by atoms with Crippen molar-refractivity contribution < 1.29 is 17.9 Å². The predicted molar refractivity (Wildman–Crippen MR) is 62.5 cm³/mol. The largest absolute Gasteiger partial charge is 0.461 e. The van der Waals surface area contributed by atoms with E-state index in [0.29, 0.717) is 6.42 Å². The zero-order valence-corrected chi connectivity index (χ0v) is 11.0. The van der Waals surface area contributed by atoms with Crippen molar-refractivity contribution in [3.8, 4) is 0 Å². The van der Waals surface area contributed by atoms with Crippen LogP contribution in [0.1, 0.15) is 39.5 Å². The van der Waals surface area contributed by atoms with Gasteiger partial charge in [-0.2, -0.15) is 0 Å². The van der Waals surface area contributed by atoms with E-state index in [1.807, 2.05) is 0 Å². The Morgan fingerprint density at radius 3 is 2.53 bits per heavy atom. The minimum Gasteiger partial charge on any atom is -0.461 e. The number of ether oxygens (including phenoxy) is 1. The van der Waals surface area contributed by atoms with Gasteiger partial charge in [0.05, 0.1) is 6.42 Å². The molecule has 2 atom stereocenters. The molecule has 1 aliphatic carbocycles. The summed E-state index contributed by atoms with van der Waals surface area (Å²) in [6.07, 6.45) is 2.42. The summed E-state index contributed by atoms with van der Waals surface area (Å²) >= 11 is 0. The van der Waals surface area contributed by atoms with Gasteiger partial charge in [-0.15, -0.1) is 0 Å². The van der Waals surface area contributed by atoms with Gasteiger partial charge in [-0.3, -0.25) is 4.79 Å². The minimum absolute atomic E-state index is 0.143. The first-order valence-corrected chi connectivity index (χ1v) is 7.54. The standard InChI is InChI=1S/C11H19NO4S/c1-10(2)3-4-11(7-10)5-9(13)16-8(11)6-17(12,14)15/h8H,3-7H2,1-2H3,(H2,12,14,15). The molecule has 6 heteroatoms. The number of hydrogen-bond acceptors (Lipinski definition) is 4. The van der Waals surface area contributed by atoms with Crippen molar-refractivity contribution in [2.45, 2.75) is 45.6 Å². The first kappa shape index (κ1) is 12.8. The molecule has 2 N–H and O–H groups in total. The molecule has 1 spiro atoms. The second-order valence-corrected chi connectivity index (χ2v) is 7.85. The predicted octanol–water partition coefficient (Wildman–Crippen LogP) is 0.787. The lowest BCUT2D eigenvalue weighted by atomic mass is 9.77. The van der Waals surface area contributed by atoms with Crippen LogP contribution in [-0.4, -0.2) is 26.2 Å². The number of cyclic esters (lactones) is 1. The number of primary sulfonamides is 1. The van der Waals surface area contributed by atoms with E-state index in [0.717, 1.165) is 19.3 Å². The third-order valence-corrected chi connectivity index (χ3v) is 4.73. The molecule has 98 valence electrons. The SMILES string of the molecule is CC1(C)CCC2(CC(=O)OC2CS(N)(=O)=O)C1. The van der Waals surface area contributed by atoms with E-state index in [4.69, 9.17) is 9.88 Å². The van der Waals surface area contributed by atoms with Crippen LogP contribution in [0.25, 0.3) is 0 Å². The topological polar surface area (TPSA) is 86.5 Å². The minimum atomic E-state index is -3.61. The van der Waals surface area contributed by atoms with E-state index in [1.54, 1.807) is 0 Å². The molecule has 0 amide bonds. The van der Waals surface area contributed by atoms with Crippen molar-refractivity contribution in [3.05, 3.63) is 0 Å². The highest BCUT2D eigenvalue weighted by atomic mass is 32.2. The van der Waals surface area contributed by atoms with Gasteiger partial charge in [0.15, 0.2) is 0 Å². The lowest BCUT2D eigenvalue weighted by molar-refractivity contribution is -0.140. The number of carbonyl (C=O) groups excluding carboxylic acids is 1. The summed E-state index contributed by atoms with van der Waals surface area (Å²) in [6.45, 7) is 4.27. The maximum Gasteiger partial charge on any atom is 0.306 e. The number of hydrogen-bond donors (Lipinski definition) is 1. The average Bonchev–Trinajstić information content (AvgIpc) is 2.52. The zero-order valence-electron chi connectivity index (χ0n) is 10.2. The molecule has 2 aliphatic rings. The monoisotopic (exact) mass is 261 g/mol. The molecule has 2 rings (SSSR count). The molecule has 0 aromatic heterocycles. The first-order valence-electron chi connectivity index (χ1n) is 5.82. The number of nitrogens with two attached hydrogens (primary N) is 1. The van der Waals surface area contributed by atoms with Crippen LogP contribution in [0.15, 0.2) is 0 Å². The number of esters is 1. The molecular formula is C11H19NO4S. The average molecular weight is 261 g/mol. The highest BCUT2D eigenvalue weighted by Crippen LogP contribution is 2.56. The quantitative estimate of drug-likeness (QED) is 0.744.